The SMILES string of the molecule is C=CC(NCCC)c1cc(OC)ccc1Br. The van der Waals surface area contributed by atoms with Gasteiger partial charge in [0.05, 0.1) is 13.2 Å². The Labute approximate surface area is 106 Å². The summed E-state index contributed by atoms with van der Waals surface area (Å²) in [6.07, 6.45) is 3.02. The van der Waals surface area contributed by atoms with Gasteiger partial charge in [0.2, 0.25) is 0 Å². The largest absolute Gasteiger partial charge is 0.497 e. The second-order valence-electron chi connectivity index (χ2n) is 3.55. The second-order valence-corrected chi connectivity index (χ2v) is 4.41. The molecular weight excluding hydrogens is 266 g/mol. The number of methoxy groups -OCH3 is 1. The molecule has 0 aliphatic heterocycles. The molecular formula is C13H18BrNO. The molecule has 0 aromatic heterocycles. The Morgan fingerprint density at radius 2 is 2.31 bits per heavy atom. The molecule has 0 aliphatic rings. The van der Waals surface area contributed by atoms with Crippen molar-refractivity contribution in [2.24, 2.45) is 0 Å². The lowest BCUT2D eigenvalue weighted by Crippen LogP contribution is -2.20. The lowest BCUT2D eigenvalue weighted by molar-refractivity contribution is 0.413. The molecule has 1 unspecified atom stereocenters. The molecule has 0 radical (unpaired) electrons. The van der Waals surface area contributed by atoms with Gasteiger partial charge in [0, 0.05) is 4.47 Å². The van der Waals surface area contributed by atoms with Crippen molar-refractivity contribution in [2.75, 3.05) is 13.7 Å². The number of hydrogen-bond acceptors (Lipinski definition) is 2. The van der Waals surface area contributed by atoms with Gasteiger partial charge >= 0.3 is 0 Å². The van der Waals surface area contributed by atoms with E-state index in [1.54, 1.807) is 7.11 Å². The molecule has 2 nitrogen and oxygen atoms in total. The minimum Gasteiger partial charge on any atom is -0.497 e. The van der Waals surface area contributed by atoms with Crippen molar-refractivity contribution in [3.8, 4) is 5.75 Å². The first-order valence-electron chi connectivity index (χ1n) is 5.42. The fraction of sp³-hybridized carbons (Fsp3) is 0.385. The molecule has 1 rings (SSSR count). The van der Waals surface area contributed by atoms with Crippen LogP contribution in [0.5, 0.6) is 5.75 Å². The van der Waals surface area contributed by atoms with Crippen LogP contribution in [0, 0.1) is 0 Å². The van der Waals surface area contributed by atoms with Gasteiger partial charge in [0.1, 0.15) is 5.75 Å². The maximum atomic E-state index is 5.23. The van der Waals surface area contributed by atoms with Gasteiger partial charge in [0.15, 0.2) is 0 Å². The maximum Gasteiger partial charge on any atom is 0.119 e. The molecule has 1 N–H and O–H groups in total. The number of halogens is 1. The van der Waals surface area contributed by atoms with Gasteiger partial charge in [-0.05, 0) is 36.7 Å². The van der Waals surface area contributed by atoms with Gasteiger partial charge in [-0.2, -0.15) is 0 Å². The van der Waals surface area contributed by atoms with E-state index >= 15 is 0 Å². The summed E-state index contributed by atoms with van der Waals surface area (Å²) in [6, 6.07) is 6.12. The van der Waals surface area contributed by atoms with Crippen LogP contribution in [0.25, 0.3) is 0 Å². The fourth-order valence-electron chi connectivity index (χ4n) is 1.51. The summed E-state index contributed by atoms with van der Waals surface area (Å²) in [7, 11) is 1.68. The van der Waals surface area contributed by atoms with E-state index in [9.17, 15) is 0 Å². The van der Waals surface area contributed by atoms with E-state index in [2.05, 4.69) is 34.7 Å². The van der Waals surface area contributed by atoms with Crippen LogP contribution in [0.15, 0.2) is 35.3 Å². The molecule has 0 amide bonds. The highest BCUT2D eigenvalue weighted by atomic mass is 79.9. The zero-order valence-corrected chi connectivity index (χ0v) is 11.4. The summed E-state index contributed by atoms with van der Waals surface area (Å²) in [4.78, 5) is 0. The summed E-state index contributed by atoms with van der Waals surface area (Å²) in [5.41, 5.74) is 1.16. The average molecular weight is 284 g/mol. The van der Waals surface area contributed by atoms with Gasteiger partial charge in [0.25, 0.3) is 0 Å². The minimum atomic E-state index is 0.157. The van der Waals surface area contributed by atoms with Crippen LogP contribution in [0.3, 0.4) is 0 Å². The molecule has 0 saturated heterocycles. The third-order valence-corrected chi connectivity index (χ3v) is 3.11. The molecule has 16 heavy (non-hydrogen) atoms. The van der Waals surface area contributed by atoms with Crippen molar-refractivity contribution in [2.45, 2.75) is 19.4 Å². The predicted molar refractivity (Wildman–Crippen MR) is 71.9 cm³/mol. The highest BCUT2D eigenvalue weighted by Crippen LogP contribution is 2.28. The molecule has 0 aliphatic carbocycles. The van der Waals surface area contributed by atoms with E-state index in [1.165, 1.54) is 0 Å². The lowest BCUT2D eigenvalue weighted by atomic mass is 10.1. The minimum absolute atomic E-state index is 0.157. The predicted octanol–water partition coefficient (Wildman–Crippen LogP) is 3.68. The van der Waals surface area contributed by atoms with Crippen molar-refractivity contribution < 1.29 is 4.74 Å². The Morgan fingerprint density at radius 1 is 1.56 bits per heavy atom. The Bertz CT molecular complexity index is 352. The molecule has 88 valence electrons. The second kappa shape index (κ2) is 6.71. The third kappa shape index (κ3) is 3.35. The summed E-state index contributed by atoms with van der Waals surface area (Å²) >= 11 is 3.55. The number of rotatable bonds is 6. The Kier molecular flexibility index (Phi) is 5.56. The van der Waals surface area contributed by atoms with Gasteiger partial charge in [-0.15, -0.1) is 6.58 Å². The molecule has 0 spiro atoms. The zero-order chi connectivity index (χ0) is 12.0. The topological polar surface area (TPSA) is 21.3 Å². The van der Waals surface area contributed by atoms with Crippen LogP contribution < -0.4 is 10.1 Å². The molecule has 1 aromatic carbocycles. The first-order chi connectivity index (χ1) is 7.72. The Balaban J connectivity index is 2.93. The average Bonchev–Trinajstić information content (AvgIpc) is 2.32. The normalized spacial score (nSPS) is 12.2. The summed E-state index contributed by atoms with van der Waals surface area (Å²) < 4.78 is 6.30. The van der Waals surface area contributed by atoms with E-state index in [0.717, 1.165) is 28.8 Å². The van der Waals surface area contributed by atoms with Crippen LogP contribution in [0.4, 0.5) is 0 Å². The smallest absolute Gasteiger partial charge is 0.119 e. The monoisotopic (exact) mass is 283 g/mol. The standard InChI is InChI=1S/C13H18BrNO/c1-4-8-15-13(5-2)11-9-10(16-3)6-7-12(11)14/h5-7,9,13,15H,2,4,8H2,1,3H3. The fourth-order valence-corrected chi connectivity index (χ4v) is 2.00. The summed E-state index contributed by atoms with van der Waals surface area (Å²) in [6.45, 7) is 6.98. The maximum absolute atomic E-state index is 5.23. The van der Waals surface area contributed by atoms with Crippen LogP contribution in [0.2, 0.25) is 0 Å². The first kappa shape index (κ1) is 13.3. The Morgan fingerprint density at radius 3 is 2.88 bits per heavy atom. The highest BCUT2D eigenvalue weighted by Gasteiger charge is 2.11. The van der Waals surface area contributed by atoms with E-state index in [-0.39, 0.29) is 6.04 Å². The van der Waals surface area contributed by atoms with Crippen molar-refractivity contribution in [3.05, 3.63) is 40.9 Å². The van der Waals surface area contributed by atoms with Gasteiger partial charge in [-0.3, -0.25) is 0 Å². The molecule has 1 atom stereocenters. The molecule has 0 heterocycles. The lowest BCUT2D eigenvalue weighted by Gasteiger charge is -2.17. The number of hydrogen-bond donors (Lipinski definition) is 1. The van der Waals surface area contributed by atoms with E-state index in [1.807, 2.05) is 24.3 Å². The van der Waals surface area contributed by atoms with Crippen molar-refractivity contribution in [1.29, 1.82) is 0 Å². The van der Waals surface area contributed by atoms with Gasteiger partial charge in [-0.1, -0.05) is 28.9 Å². The van der Waals surface area contributed by atoms with Gasteiger partial charge < -0.3 is 10.1 Å². The van der Waals surface area contributed by atoms with Gasteiger partial charge in [-0.25, -0.2) is 0 Å². The van der Waals surface area contributed by atoms with Crippen molar-refractivity contribution >= 4 is 15.9 Å². The van der Waals surface area contributed by atoms with Crippen LogP contribution in [-0.4, -0.2) is 13.7 Å². The molecule has 3 heteroatoms. The van der Waals surface area contributed by atoms with E-state index < -0.39 is 0 Å². The number of ether oxygens (including phenoxy) is 1. The molecule has 0 saturated carbocycles. The molecule has 0 fully saturated rings. The molecule has 1 aromatic rings. The summed E-state index contributed by atoms with van der Waals surface area (Å²) in [5.74, 6) is 0.864. The third-order valence-electron chi connectivity index (χ3n) is 2.39. The first-order valence-corrected chi connectivity index (χ1v) is 6.21. The van der Waals surface area contributed by atoms with E-state index in [0.29, 0.717) is 0 Å². The summed E-state index contributed by atoms with van der Waals surface area (Å²) in [5, 5.41) is 3.42. The van der Waals surface area contributed by atoms with E-state index in [4.69, 9.17) is 4.74 Å². The van der Waals surface area contributed by atoms with Crippen molar-refractivity contribution in [1.82, 2.24) is 5.32 Å². The number of nitrogens with one attached hydrogen (secondary N) is 1. The van der Waals surface area contributed by atoms with Crippen LogP contribution in [0.1, 0.15) is 24.9 Å². The van der Waals surface area contributed by atoms with Crippen LogP contribution >= 0.6 is 15.9 Å². The Hall–Kier alpha value is -0.800. The quantitative estimate of drug-likeness (QED) is 0.804. The highest BCUT2D eigenvalue weighted by molar-refractivity contribution is 9.10. The molecule has 0 bridgehead atoms. The van der Waals surface area contributed by atoms with Crippen molar-refractivity contribution in [3.63, 3.8) is 0 Å². The van der Waals surface area contributed by atoms with Crippen LogP contribution in [-0.2, 0) is 0 Å². The zero-order valence-electron chi connectivity index (χ0n) is 9.79. The number of benzene rings is 1.